The third kappa shape index (κ3) is 3.92. The summed E-state index contributed by atoms with van der Waals surface area (Å²) in [5, 5.41) is 8.52. The van der Waals surface area contributed by atoms with E-state index in [4.69, 9.17) is 0 Å². The van der Waals surface area contributed by atoms with E-state index < -0.39 is 0 Å². The van der Waals surface area contributed by atoms with Gasteiger partial charge in [0.2, 0.25) is 0 Å². The number of hydrogen-bond donors (Lipinski definition) is 3. The molecule has 5 nitrogen and oxygen atoms in total. The van der Waals surface area contributed by atoms with Gasteiger partial charge in [-0.05, 0) is 43.2 Å². The molecule has 0 saturated heterocycles. The number of halogens is 1. The number of benzene rings is 1. The van der Waals surface area contributed by atoms with Crippen LogP contribution in [-0.4, -0.2) is 17.1 Å². The maximum absolute atomic E-state index is 13.1. The second-order valence-electron chi connectivity index (χ2n) is 4.94. The molecule has 0 radical (unpaired) electrons. The van der Waals surface area contributed by atoms with E-state index in [2.05, 4.69) is 20.9 Å². The number of pyridine rings is 1. The smallest absolute Gasteiger partial charge is 0.320 e. The van der Waals surface area contributed by atoms with Crippen LogP contribution in [0.15, 0.2) is 42.6 Å². The van der Waals surface area contributed by atoms with Gasteiger partial charge < -0.3 is 10.6 Å². The van der Waals surface area contributed by atoms with Crippen LogP contribution in [0.2, 0.25) is 0 Å². The lowest BCUT2D eigenvalue weighted by molar-refractivity contribution is 0.251. The van der Waals surface area contributed by atoms with Crippen molar-refractivity contribution in [1.29, 1.82) is 0 Å². The first-order valence-corrected chi connectivity index (χ1v) is 6.75. The number of anilines is 3. The second-order valence-corrected chi connectivity index (χ2v) is 4.94. The Bertz CT molecular complexity index is 640. The van der Waals surface area contributed by atoms with Crippen LogP contribution in [0.1, 0.15) is 12.8 Å². The van der Waals surface area contributed by atoms with Gasteiger partial charge in [0.25, 0.3) is 0 Å². The minimum Gasteiger partial charge on any atom is -0.354 e. The molecule has 1 aromatic carbocycles. The molecule has 3 rings (SSSR count). The summed E-state index contributed by atoms with van der Waals surface area (Å²) in [5.41, 5.74) is 1.36. The third-order valence-electron chi connectivity index (χ3n) is 3.03. The first-order chi connectivity index (χ1) is 10.2. The predicted molar refractivity (Wildman–Crippen MR) is 79.1 cm³/mol. The minimum absolute atomic E-state index is 0.240. The molecule has 3 N–H and O–H groups in total. The number of rotatable bonds is 4. The van der Waals surface area contributed by atoms with E-state index in [0.717, 1.165) is 12.8 Å². The van der Waals surface area contributed by atoms with Gasteiger partial charge in [-0.25, -0.2) is 14.2 Å². The molecule has 6 heteroatoms. The monoisotopic (exact) mass is 286 g/mol. The van der Waals surface area contributed by atoms with Gasteiger partial charge in [-0.15, -0.1) is 0 Å². The Morgan fingerprint density at radius 1 is 1.19 bits per heavy atom. The average molecular weight is 286 g/mol. The van der Waals surface area contributed by atoms with Crippen molar-refractivity contribution < 1.29 is 9.18 Å². The van der Waals surface area contributed by atoms with Crippen molar-refractivity contribution in [3.8, 4) is 0 Å². The molecule has 1 aliphatic carbocycles. The Labute approximate surface area is 121 Å². The van der Waals surface area contributed by atoms with Crippen molar-refractivity contribution >= 4 is 23.2 Å². The van der Waals surface area contributed by atoms with Gasteiger partial charge in [0.05, 0.1) is 11.9 Å². The van der Waals surface area contributed by atoms with Crippen LogP contribution in [0.3, 0.4) is 0 Å². The van der Waals surface area contributed by atoms with Crippen molar-refractivity contribution in [1.82, 2.24) is 10.3 Å². The SMILES string of the molecule is O=C(Nc1ccc(Nc2cccc(F)c2)cn1)NC1CC1. The quantitative estimate of drug-likeness (QED) is 0.808. The topological polar surface area (TPSA) is 66.0 Å². The zero-order valence-corrected chi connectivity index (χ0v) is 11.3. The highest BCUT2D eigenvalue weighted by atomic mass is 19.1. The number of amides is 2. The highest BCUT2D eigenvalue weighted by molar-refractivity contribution is 5.88. The van der Waals surface area contributed by atoms with Gasteiger partial charge in [-0.3, -0.25) is 5.32 Å². The lowest BCUT2D eigenvalue weighted by Crippen LogP contribution is -2.30. The number of hydrogen-bond acceptors (Lipinski definition) is 3. The van der Waals surface area contributed by atoms with E-state index in [1.807, 2.05) is 0 Å². The summed E-state index contributed by atoms with van der Waals surface area (Å²) in [5.74, 6) is 0.168. The standard InChI is InChI=1S/C15H15FN4O/c16-10-2-1-3-12(8-10)18-13-6-7-14(17-9-13)20-15(21)19-11-4-5-11/h1-3,6-9,11,18H,4-5H2,(H2,17,19,20,21). The molecule has 1 aliphatic rings. The Balaban J connectivity index is 1.59. The Kier molecular flexibility index (Phi) is 3.68. The molecule has 0 bridgehead atoms. The molecule has 2 amide bonds. The lowest BCUT2D eigenvalue weighted by Gasteiger charge is -2.08. The van der Waals surface area contributed by atoms with E-state index in [9.17, 15) is 9.18 Å². The number of nitrogens with zero attached hydrogens (tertiary/aromatic N) is 1. The van der Waals surface area contributed by atoms with Crippen LogP contribution in [0.5, 0.6) is 0 Å². The minimum atomic E-state index is -0.303. The number of carbonyl (C=O) groups is 1. The molecule has 0 spiro atoms. The number of nitrogens with one attached hydrogen (secondary N) is 3. The Hall–Kier alpha value is -2.63. The van der Waals surface area contributed by atoms with E-state index >= 15 is 0 Å². The molecule has 0 aliphatic heterocycles. The first-order valence-electron chi connectivity index (χ1n) is 6.75. The van der Waals surface area contributed by atoms with Crippen molar-refractivity contribution in [3.05, 3.63) is 48.4 Å². The van der Waals surface area contributed by atoms with Crippen molar-refractivity contribution in [2.45, 2.75) is 18.9 Å². The van der Waals surface area contributed by atoms with Crippen LogP contribution in [0.4, 0.5) is 26.4 Å². The normalized spacial score (nSPS) is 13.6. The Morgan fingerprint density at radius 2 is 2.05 bits per heavy atom. The number of carbonyl (C=O) groups excluding carboxylic acids is 1. The van der Waals surface area contributed by atoms with Crippen LogP contribution in [-0.2, 0) is 0 Å². The molecule has 0 unspecified atom stereocenters. The van der Waals surface area contributed by atoms with Gasteiger partial charge in [0, 0.05) is 11.7 Å². The summed E-state index contributed by atoms with van der Waals surface area (Å²) in [6, 6.07) is 9.69. The van der Waals surface area contributed by atoms with E-state index in [0.29, 0.717) is 23.2 Å². The lowest BCUT2D eigenvalue weighted by atomic mass is 10.3. The molecule has 0 atom stereocenters. The molecule has 1 heterocycles. The molecule has 1 fully saturated rings. The maximum Gasteiger partial charge on any atom is 0.320 e. The molecule has 2 aromatic rings. The van der Waals surface area contributed by atoms with Gasteiger partial charge >= 0.3 is 6.03 Å². The molecular weight excluding hydrogens is 271 g/mol. The fraction of sp³-hybridized carbons (Fsp3) is 0.200. The summed E-state index contributed by atoms with van der Waals surface area (Å²) >= 11 is 0. The fourth-order valence-electron chi connectivity index (χ4n) is 1.84. The molecule has 1 aromatic heterocycles. The second kappa shape index (κ2) is 5.78. The molecule has 1 saturated carbocycles. The van der Waals surface area contributed by atoms with Crippen LogP contribution in [0, 0.1) is 5.82 Å². The van der Waals surface area contributed by atoms with E-state index in [1.54, 1.807) is 30.5 Å². The van der Waals surface area contributed by atoms with Crippen LogP contribution >= 0.6 is 0 Å². The number of urea groups is 1. The van der Waals surface area contributed by atoms with E-state index in [-0.39, 0.29) is 11.8 Å². The van der Waals surface area contributed by atoms with Crippen molar-refractivity contribution in [2.75, 3.05) is 10.6 Å². The fourth-order valence-corrected chi connectivity index (χ4v) is 1.84. The highest BCUT2D eigenvalue weighted by Crippen LogP contribution is 2.19. The van der Waals surface area contributed by atoms with Crippen LogP contribution < -0.4 is 16.0 Å². The predicted octanol–water partition coefficient (Wildman–Crippen LogP) is 3.25. The summed E-state index contributed by atoms with van der Waals surface area (Å²) in [7, 11) is 0. The van der Waals surface area contributed by atoms with Gasteiger partial charge in [0.1, 0.15) is 11.6 Å². The first kappa shape index (κ1) is 13.4. The third-order valence-corrected chi connectivity index (χ3v) is 3.03. The van der Waals surface area contributed by atoms with Crippen molar-refractivity contribution in [2.24, 2.45) is 0 Å². The zero-order chi connectivity index (χ0) is 14.7. The van der Waals surface area contributed by atoms with E-state index in [1.165, 1.54) is 12.1 Å². The molecule has 108 valence electrons. The van der Waals surface area contributed by atoms with Crippen LogP contribution in [0.25, 0.3) is 0 Å². The highest BCUT2D eigenvalue weighted by Gasteiger charge is 2.23. The summed E-state index contributed by atoms with van der Waals surface area (Å²) in [6.07, 6.45) is 3.66. The Morgan fingerprint density at radius 3 is 2.71 bits per heavy atom. The van der Waals surface area contributed by atoms with Gasteiger partial charge in [0.15, 0.2) is 0 Å². The van der Waals surface area contributed by atoms with Crippen molar-refractivity contribution in [3.63, 3.8) is 0 Å². The summed E-state index contributed by atoms with van der Waals surface area (Å²) < 4.78 is 13.1. The zero-order valence-electron chi connectivity index (χ0n) is 11.3. The van der Waals surface area contributed by atoms with Gasteiger partial charge in [-0.2, -0.15) is 0 Å². The summed E-state index contributed by atoms with van der Waals surface area (Å²) in [6.45, 7) is 0. The molecular formula is C15H15FN4O. The number of aromatic nitrogens is 1. The summed E-state index contributed by atoms with van der Waals surface area (Å²) in [4.78, 5) is 15.7. The maximum atomic E-state index is 13.1. The average Bonchev–Trinajstić information content (AvgIpc) is 3.25. The van der Waals surface area contributed by atoms with Gasteiger partial charge in [-0.1, -0.05) is 6.07 Å². The molecule has 21 heavy (non-hydrogen) atoms. The largest absolute Gasteiger partial charge is 0.354 e.